The first-order valence-electron chi connectivity index (χ1n) is 18.2. The zero-order valence-electron chi connectivity index (χ0n) is 32.1. The Kier molecular flexibility index (Phi) is 20.7. The number of nitrogens with one attached hydrogen (secondary N) is 3. The standard InChI is InChI=1S/C37H57N3O14/c1-22(2)28(42)9-11-49-13-15-51-16-14-50-12-10-31(43)40-34(23(3)4)35(45)38-20-32(44)39-27-8-7-25(21-52-37(48)24(5)6)17-29(27)53-33-19-26(41)18-30(54-33)36(46)47/h7-8,17,22-24,26,30,33-34,41H,9-16,18-21H2,1-6H3,(H,38,45)(H,39,44)(H,40,43)(H,46,47). The van der Waals surface area contributed by atoms with Gasteiger partial charge in [-0.15, -0.1) is 0 Å². The number of hydrogen-bond donors (Lipinski definition) is 5. The minimum Gasteiger partial charge on any atom is -0.479 e. The van der Waals surface area contributed by atoms with Crippen LogP contribution in [0.2, 0.25) is 0 Å². The summed E-state index contributed by atoms with van der Waals surface area (Å²) >= 11 is 0. The van der Waals surface area contributed by atoms with Crippen LogP contribution in [0.1, 0.15) is 72.8 Å². The second-order valence-electron chi connectivity index (χ2n) is 13.7. The molecule has 0 spiro atoms. The highest BCUT2D eigenvalue weighted by Crippen LogP contribution is 2.31. The summed E-state index contributed by atoms with van der Waals surface area (Å²) in [5, 5.41) is 27.4. The molecule has 1 fully saturated rings. The van der Waals surface area contributed by atoms with E-state index in [1.165, 1.54) is 12.1 Å². The maximum absolute atomic E-state index is 13.0. The predicted molar refractivity (Wildman–Crippen MR) is 193 cm³/mol. The third kappa shape index (κ3) is 17.8. The van der Waals surface area contributed by atoms with Crippen LogP contribution in [-0.4, -0.2) is 116 Å². The van der Waals surface area contributed by atoms with Crippen LogP contribution in [0.5, 0.6) is 5.75 Å². The summed E-state index contributed by atoms with van der Waals surface area (Å²) in [5.41, 5.74) is 0.644. The number of carbonyl (C=O) groups excluding carboxylic acids is 5. The summed E-state index contributed by atoms with van der Waals surface area (Å²) in [5.74, 6) is -3.81. The Morgan fingerprint density at radius 2 is 1.46 bits per heavy atom. The van der Waals surface area contributed by atoms with Gasteiger partial charge in [-0.25, -0.2) is 4.79 Å². The molecule has 304 valence electrons. The highest BCUT2D eigenvalue weighted by atomic mass is 16.7. The van der Waals surface area contributed by atoms with Gasteiger partial charge in [-0.05, 0) is 23.6 Å². The minimum absolute atomic E-state index is 0.00559. The van der Waals surface area contributed by atoms with Crippen LogP contribution in [0.4, 0.5) is 5.69 Å². The van der Waals surface area contributed by atoms with Gasteiger partial charge in [0, 0.05) is 31.6 Å². The first-order valence-corrected chi connectivity index (χ1v) is 18.2. The second kappa shape index (κ2) is 24.3. The number of rotatable bonds is 25. The van der Waals surface area contributed by atoms with E-state index in [-0.39, 0.29) is 74.1 Å². The van der Waals surface area contributed by atoms with Gasteiger partial charge in [-0.2, -0.15) is 0 Å². The molecular weight excluding hydrogens is 710 g/mol. The van der Waals surface area contributed by atoms with E-state index in [0.717, 1.165) is 0 Å². The Hall–Kier alpha value is -4.16. The molecule has 1 aliphatic heterocycles. The van der Waals surface area contributed by atoms with E-state index < -0.39 is 60.7 Å². The van der Waals surface area contributed by atoms with E-state index in [2.05, 4.69) is 16.0 Å². The fraction of sp³-hybridized carbons (Fsp3) is 0.676. The molecule has 17 heteroatoms. The molecule has 5 N–H and O–H groups in total. The number of benzene rings is 1. The lowest BCUT2D eigenvalue weighted by molar-refractivity contribution is -0.195. The quantitative estimate of drug-likeness (QED) is 0.0707. The average Bonchev–Trinajstić information content (AvgIpc) is 3.11. The number of aliphatic hydroxyl groups is 1. The summed E-state index contributed by atoms with van der Waals surface area (Å²) < 4.78 is 32.9. The topological polar surface area (TPSA) is 234 Å². The normalized spacial score (nSPS) is 17.6. The zero-order valence-corrected chi connectivity index (χ0v) is 32.1. The van der Waals surface area contributed by atoms with Gasteiger partial charge >= 0.3 is 11.9 Å². The molecule has 4 atom stereocenters. The maximum atomic E-state index is 13.0. The number of aliphatic carboxylic acids is 1. The van der Waals surface area contributed by atoms with Gasteiger partial charge in [0.25, 0.3) is 0 Å². The lowest BCUT2D eigenvalue weighted by Crippen LogP contribution is -2.51. The van der Waals surface area contributed by atoms with Crippen LogP contribution in [0.25, 0.3) is 0 Å². The highest BCUT2D eigenvalue weighted by Gasteiger charge is 2.34. The summed E-state index contributed by atoms with van der Waals surface area (Å²) in [6.07, 6.45) is -3.28. The van der Waals surface area contributed by atoms with Crippen molar-refractivity contribution in [2.75, 3.05) is 51.5 Å². The Morgan fingerprint density at radius 1 is 0.833 bits per heavy atom. The number of Topliss-reactive ketones (excluding diaryl/α,β-unsaturated/α-hetero) is 1. The van der Waals surface area contributed by atoms with Gasteiger partial charge in [0.05, 0.1) is 63.9 Å². The van der Waals surface area contributed by atoms with Crippen LogP contribution >= 0.6 is 0 Å². The fourth-order valence-electron chi connectivity index (χ4n) is 4.84. The van der Waals surface area contributed by atoms with E-state index >= 15 is 0 Å². The molecule has 4 unspecified atom stereocenters. The van der Waals surface area contributed by atoms with Gasteiger partial charge in [0.1, 0.15) is 24.2 Å². The van der Waals surface area contributed by atoms with Gasteiger partial charge in [0.15, 0.2) is 6.10 Å². The summed E-state index contributed by atoms with van der Waals surface area (Å²) in [4.78, 5) is 73.6. The van der Waals surface area contributed by atoms with Gasteiger partial charge in [-0.3, -0.25) is 24.0 Å². The number of carboxylic acids is 1. The Labute approximate surface area is 316 Å². The van der Waals surface area contributed by atoms with Gasteiger partial charge < -0.3 is 54.6 Å². The molecule has 0 saturated carbocycles. The molecule has 1 saturated heterocycles. The number of carbonyl (C=O) groups is 6. The van der Waals surface area contributed by atoms with E-state index in [1.807, 2.05) is 13.8 Å². The molecule has 0 radical (unpaired) electrons. The van der Waals surface area contributed by atoms with Crippen molar-refractivity contribution in [3.8, 4) is 5.75 Å². The van der Waals surface area contributed by atoms with Crippen LogP contribution in [0, 0.1) is 17.8 Å². The lowest BCUT2D eigenvalue weighted by Gasteiger charge is -2.31. The summed E-state index contributed by atoms with van der Waals surface area (Å²) in [6.45, 7) is 11.7. The molecule has 0 aromatic heterocycles. The molecule has 3 amide bonds. The number of aliphatic hydroxyl groups excluding tert-OH is 1. The number of carboxylic acid groups (broad SMARTS) is 1. The van der Waals surface area contributed by atoms with Gasteiger partial charge in [-0.1, -0.05) is 47.6 Å². The Morgan fingerprint density at radius 3 is 2.06 bits per heavy atom. The van der Waals surface area contributed by atoms with Gasteiger partial charge in [0.2, 0.25) is 24.0 Å². The predicted octanol–water partition coefficient (Wildman–Crippen LogP) is 1.97. The monoisotopic (exact) mass is 767 g/mol. The van der Waals surface area contributed by atoms with Crippen molar-refractivity contribution in [3.05, 3.63) is 23.8 Å². The summed E-state index contributed by atoms with van der Waals surface area (Å²) in [6, 6.07) is 3.62. The molecule has 1 aliphatic rings. The van der Waals surface area contributed by atoms with E-state index in [0.29, 0.717) is 38.4 Å². The molecule has 0 aliphatic carbocycles. The molecule has 54 heavy (non-hydrogen) atoms. The van der Waals surface area contributed by atoms with Crippen molar-refractivity contribution < 1.29 is 67.4 Å². The molecule has 0 bridgehead atoms. The SMILES string of the molecule is CC(C)C(=O)CCOCCOCCOCCC(=O)NC(C(=O)NCC(=O)Nc1ccc(COC(=O)C(C)C)cc1OC1CC(O)CC(C(=O)O)O1)C(C)C. The smallest absolute Gasteiger partial charge is 0.333 e. The highest BCUT2D eigenvalue weighted by molar-refractivity contribution is 5.97. The zero-order chi connectivity index (χ0) is 40.2. The van der Waals surface area contributed by atoms with Crippen LogP contribution in [0.15, 0.2) is 18.2 Å². The third-order valence-electron chi connectivity index (χ3n) is 8.02. The van der Waals surface area contributed by atoms with E-state index in [1.54, 1.807) is 33.8 Å². The number of anilines is 1. The van der Waals surface area contributed by atoms with Crippen molar-refractivity contribution in [3.63, 3.8) is 0 Å². The van der Waals surface area contributed by atoms with Crippen molar-refractivity contribution in [2.24, 2.45) is 17.8 Å². The van der Waals surface area contributed by atoms with Crippen LogP contribution in [-0.2, 0) is 59.1 Å². The van der Waals surface area contributed by atoms with Crippen molar-refractivity contribution in [2.45, 2.75) is 98.4 Å². The first-order chi connectivity index (χ1) is 25.6. The Bertz CT molecular complexity index is 1390. The molecule has 1 aromatic rings. The first kappa shape index (κ1) is 46.0. The molecular formula is C37H57N3O14. The number of esters is 1. The number of ether oxygens (including phenoxy) is 6. The minimum atomic E-state index is -1.31. The maximum Gasteiger partial charge on any atom is 0.333 e. The summed E-state index contributed by atoms with van der Waals surface area (Å²) in [7, 11) is 0. The van der Waals surface area contributed by atoms with Crippen LogP contribution < -0.4 is 20.7 Å². The number of ketones is 1. The van der Waals surface area contributed by atoms with Crippen molar-refractivity contribution in [1.29, 1.82) is 0 Å². The average molecular weight is 768 g/mol. The molecule has 17 nitrogen and oxygen atoms in total. The fourth-order valence-corrected chi connectivity index (χ4v) is 4.84. The largest absolute Gasteiger partial charge is 0.479 e. The third-order valence-corrected chi connectivity index (χ3v) is 8.02. The number of amides is 3. The van der Waals surface area contributed by atoms with Crippen molar-refractivity contribution >= 4 is 41.1 Å². The number of hydrogen-bond acceptors (Lipinski definition) is 13. The van der Waals surface area contributed by atoms with E-state index in [4.69, 9.17) is 28.4 Å². The van der Waals surface area contributed by atoms with Crippen LogP contribution in [0.3, 0.4) is 0 Å². The lowest BCUT2D eigenvalue weighted by atomic mass is 10.0. The molecule has 1 aromatic carbocycles. The second-order valence-corrected chi connectivity index (χ2v) is 13.7. The molecule has 2 rings (SSSR count). The van der Waals surface area contributed by atoms with E-state index in [9.17, 15) is 39.0 Å². The Balaban J connectivity index is 1.86. The molecule has 1 heterocycles. The van der Waals surface area contributed by atoms with Crippen molar-refractivity contribution in [1.82, 2.24) is 10.6 Å².